The third-order valence-electron chi connectivity index (χ3n) is 3.22. The van der Waals surface area contributed by atoms with Gasteiger partial charge in [0.05, 0.1) is 0 Å². The van der Waals surface area contributed by atoms with Gasteiger partial charge in [0.1, 0.15) is 16.7 Å². The third kappa shape index (κ3) is 1.21. The molecule has 2 heterocycles. The number of nitrogens with zero attached hydrogens (tertiary/aromatic N) is 1. The Labute approximate surface area is 109 Å². The number of halogens is 1. The first-order chi connectivity index (χ1) is 8.84. The van der Waals surface area contributed by atoms with E-state index in [4.69, 9.17) is 16.3 Å². The Kier molecular flexibility index (Phi) is 1.91. The van der Waals surface area contributed by atoms with Crippen LogP contribution in [0.1, 0.15) is 0 Å². The van der Waals surface area contributed by atoms with Crippen LogP contribution in [0.3, 0.4) is 0 Å². The molecule has 1 aromatic heterocycles. The minimum Gasteiger partial charge on any atom is -0.456 e. The summed E-state index contributed by atoms with van der Waals surface area (Å²) in [5.41, 5.74) is 2.14. The molecule has 0 aliphatic carbocycles. The fraction of sp³-hybridized carbons (Fsp3) is 0. The van der Waals surface area contributed by atoms with Crippen molar-refractivity contribution in [3.8, 4) is 22.6 Å². The van der Waals surface area contributed by atoms with E-state index in [1.807, 2.05) is 48.7 Å². The van der Waals surface area contributed by atoms with Gasteiger partial charge in [-0.05, 0) is 12.1 Å². The van der Waals surface area contributed by atoms with Gasteiger partial charge in [0.15, 0.2) is 0 Å². The predicted octanol–water partition coefficient (Wildman–Crippen LogP) is 4.66. The van der Waals surface area contributed by atoms with Crippen LogP contribution in [0.2, 0.25) is 5.15 Å². The number of pyridine rings is 1. The van der Waals surface area contributed by atoms with E-state index in [-0.39, 0.29) is 0 Å². The molecule has 0 saturated carbocycles. The zero-order valence-corrected chi connectivity index (χ0v) is 10.1. The molecule has 3 aromatic rings. The van der Waals surface area contributed by atoms with E-state index in [1.54, 1.807) is 0 Å². The van der Waals surface area contributed by atoms with Crippen molar-refractivity contribution in [1.29, 1.82) is 0 Å². The van der Waals surface area contributed by atoms with E-state index in [1.165, 1.54) is 0 Å². The van der Waals surface area contributed by atoms with E-state index < -0.39 is 0 Å². The number of hydrogen-bond donors (Lipinski definition) is 0. The van der Waals surface area contributed by atoms with Crippen LogP contribution in [0, 0.1) is 0 Å². The molecule has 0 fully saturated rings. The van der Waals surface area contributed by atoms with Crippen LogP contribution < -0.4 is 4.74 Å². The Hall–Kier alpha value is -2.06. The topological polar surface area (TPSA) is 22.1 Å². The summed E-state index contributed by atoms with van der Waals surface area (Å²) >= 11 is 6.14. The number of aromatic nitrogens is 1. The minimum atomic E-state index is 0.513. The molecule has 0 spiro atoms. The quantitative estimate of drug-likeness (QED) is 0.425. The summed E-state index contributed by atoms with van der Waals surface area (Å²) in [6.07, 6.45) is 1.82. The molecule has 0 radical (unpaired) electrons. The lowest BCUT2D eigenvalue weighted by molar-refractivity contribution is 0.487. The molecule has 1 aliphatic heterocycles. The smallest absolute Gasteiger partial charge is 0.137 e. The van der Waals surface area contributed by atoms with Gasteiger partial charge >= 0.3 is 0 Å². The normalized spacial score (nSPS) is 12.1. The van der Waals surface area contributed by atoms with Crippen LogP contribution in [0.5, 0.6) is 11.5 Å². The molecule has 18 heavy (non-hydrogen) atoms. The standard InChI is InChI=1S/C15H8ClNO/c16-15-10-5-3-7-13-14(10)11(8-17-15)9-4-1-2-6-12(9)18-13/h1-8H. The van der Waals surface area contributed by atoms with E-state index in [2.05, 4.69) is 4.98 Å². The molecule has 1 aliphatic rings. The average molecular weight is 254 g/mol. The second kappa shape index (κ2) is 3.47. The summed E-state index contributed by atoms with van der Waals surface area (Å²) in [4.78, 5) is 4.26. The molecule has 0 N–H and O–H groups in total. The second-order valence-electron chi connectivity index (χ2n) is 4.24. The van der Waals surface area contributed by atoms with Crippen molar-refractivity contribution in [2.45, 2.75) is 0 Å². The first-order valence-corrected chi connectivity index (χ1v) is 6.07. The minimum absolute atomic E-state index is 0.513. The van der Waals surface area contributed by atoms with Crippen LogP contribution in [-0.2, 0) is 0 Å². The number of para-hydroxylation sites is 1. The zero-order valence-electron chi connectivity index (χ0n) is 9.35. The zero-order chi connectivity index (χ0) is 12.1. The molecule has 0 saturated heterocycles. The fourth-order valence-electron chi connectivity index (χ4n) is 2.42. The lowest BCUT2D eigenvalue weighted by Gasteiger charge is -2.20. The second-order valence-corrected chi connectivity index (χ2v) is 4.60. The summed E-state index contributed by atoms with van der Waals surface area (Å²) in [7, 11) is 0. The van der Waals surface area contributed by atoms with Crippen molar-refractivity contribution in [3.05, 3.63) is 53.8 Å². The first-order valence-electron chi connectivity index (χ1n) is 5.69. The van der Waals surface area contributed by atoms with Crippen molar-refractivity contribution in [2.24, 2.45) is 0 Å². The molecule has 3 heteroatoms. The summed E-state index contributed by atoms with van der Waals surface area (Å²) in [6.45, 7) is 0. The van der Waals surface area contributed by atoms with E-state index >= 15 is 0 Å². The SMILES string of the molecule is Clc1ncc2c3c(cccc13)Oc1ccccc1-2. The van der Waals surface area contributed by atoms with Crippen LogP contribution in [-0.4, -0.2) is 4.98 Å². The maximum atomic E-state index is 6.14. The molecule has 86 valence electrons. The summed E-state index contributed by atoms with van der Waals surface area (Å²) in [6, 6.07) is 13.8. The number of benzene rings is 2. The Bertz CT molecular complexity index is 783. The van der Waals surface area contributed by atoms with Crippen LogP contribution in [0.4, 0.5) is 0 Å². The molecule has 0 bridgehead atoms. The van der Waals surface area contributed by atoms with Crippen LogP contribution in [0.25, 0.3) is 21.9 Å². The maximum absolute atomic E-state index is 6.14. The highest BCUT2D eigenvalue weighted by Gasteiger charge is 2.20. The molecule has 0 unspecified atom stereocenters. The number of hydrogen-bond acceptors (Lipinski definition) is 2. The third-order valence-corrected chi connectivity index (χ3v) is 3.52. The molecule has 0 atom stereocenters. The first kappa shape index (κ1) is 9.92. The highest BCUT2D eigenvalue weighted by atomic mass is 35.5. The summed E-state index contributed by atoms with van der Waals surface area (Å²) < 4.78 is 5.92. The van der Waals surface area contributed by atoms with Crippen molar-refractivity contribution in [3.63, 3.8) is 0 Å². The van der Waals surface area contributed by atoms with Gasteiger partial charge in [-0.1, -0.05) is 41.9 Å². The van der Waals surface area contributed by atoms with Gasteiger partial charge in [-0.25, -0.2) is 4.98 Å². The number of rotatable bonds is 0. The van der Waals surface area contributed by atoms with Gasteiger partial charge in [-0.3, -0.25) is 0 Å². The lowest BCUT2D eigenvalue weighted by atomic mass is 9.97. The van der Waals surface area contributed by atoms with Crippen molar-refractivity contribution >= 4 is 22.4 Å². The van der Waals surface area contributed by atoms with Crippen molar-refractivity contribution in [2.75, 3.05) is 0 Å². The monoisotopic (exact) mass is 253 g/mol. The molecule has 0 amide bonds. The van der Waals surface area contributed by atoms with E-state index in [0.29, 0.717) is 5.15 Å². The van der Waals surface area contributed by atoms with Crippen molar-refractivity contribution < 1.29 is 4.74 Å². The highest BCUT2D eigenvalue weighted by Crippen LogP contribution is 2.46. The molecular weight excluding hydrogens is 246 g/mol. The van der Waals surface area contributed by atoms with E-state index in [9.17, 15) is 0 Å². The summed E-state index contributed by atoms with van der Waals surface area (Å²) in [5, 5.41) is 2.48. The van der Waals surface area contributed by atoms with Gasteiger partial charge in [-0.2, -0.15) is 0 Å². The Balaban J connectivity index is 2.22. The van der Waals surface area contributed by atoms with E-state index in [0.717, 1.165) is 33.4 Å². The molecule has 2 aromatic carbocycles. The summed E-state index contributed by atoms with van der Waals surface area (Å²) in [5.74, 6) is 1.70. The number of ether oxygens (including phenoxy) is 1. The maximum Gasteiger partial charge on any atom is 0.137 e. The van der Waals surface area contributed by atoms with Gasteiger partial charge in [0.25, 0.3) is 0 Å². The molecular formula is C15H8ClNO. The molecule has 2 nitrogen and oxygen atoms in total. The highest BCUT2D eigenvalue weighted by molar-refractivity contribution is 6.35. The Morgan fingerprint density at radius 2 is 1.72 bits per heavy atom. The van der Waals surface area contributed by atoms with Gasteiger partial charge in [0, 0.05) is 28.1 Å². The fourth-order valence-corrected chi connectivity index (χ4v) is 2.63. The van der Waals surface area contributed by atoms with Gasteiger partial charge in [0.2, 0.25) is 0 Å². The molecule has 4 rings (SSSR count). The average Bonchev–Trinajstić information content (AvgIpc) is 2.42. The van der Waals surface area contributed by atoms with Gasteiger partial charge < -0.3 is 4.74 Å². The Morgan fingerprint density at radius 3 is 2.67 bits per heavy atom. The lowest BCUT2D eigenvalue weighted by Crippen LogP contribution is -1.97. The van der Waals surface area contributed by atoms with Crippen molar-refractivity contribution in [1.82, 2.24) is 4.98 Å². The number of fused-ring (bicyclic) bond motifs is 2. The predicted molar refractivity (Wildman–Crippen MR) is 72.3 cm³/mol. The van der Waals surface area contributed by atoms with Crippen LogP contribution >= 0.6 is 11.6 Å². The van der Waals surface area contributed by atoms with Gasteiger partial charge in [-0.15, -0.1) is 0 Å². The Morgan fingerprint density at radius 1 is 0.889 bits per heavy atom. The van der Waals surface area contributed by atoms with Crippen LogP contribution in [0.15, 0.2) is 48.7 Å². The largest absolute Gasteiger partial charge is 0.456 e.